The first kappa shape index (κ1) is 20.4. The molecule has 3 aliphatic rings. The van der Waals surface area contributed by atoms with Gasteiger partial charge in [0.25, 0.3) is 0 Å². The molecule has 4 atom stereocenters. The minimum absolute atomic E-state index is 0.140. The molecule has 6 rings (SSSR count). The van der Waals surface area contributed by atoms with Gasteiger partial charge in [-0.25, -0.2) is 13.7 Å². The molecule has 0 unspecified atom stereocenters. The Balaban J connectivity index is 1.51. The maximum atomic E-state index is 14.6. The van der Waals surface area contributed by atoms with Gasteiger partial charge in [0.2, 0.25) is 11.8 Å². The summed E-state index contributed by atoms with van der Waals surface area (Å²) in [5.41, 5.74) is 1.60. The molecule has 0 saturated carbocycles. The van der Waals surface area contributed by atoms with Gasteiger partial charge in [0.1, 0.15) is 17.7 Å². The van der Waals surface area contributed by atoms with E-state index in [1.165, 1.54) is 47.5 Å². The SMILES string of the molecule is O=C(c1ccc(F)cc1)[C@H]1[C@H]2C(=O)N(c3ccccc3F)C(=O)[C@H]2[C@H]2c3ccccc3C=NN21. The van der Waals surface area contributed by atoms with Gasteiger partial charge in [0.05, 0.1) is 29.8 Å². The summed E-state index contributed by atoms with van der Waals surface area (Å²) in [5, 5.41) is 5.97. The Hall–Kier alpha value is -4.20. The van der Waals surface area contributed by atoms with Crippen LogP contribution in [0.3, 0.4) is 0 Å². The Bertz CT molecular complexity index is 1390. The van der Waals surface area contributed by atoms with E-state index in [1.54, 1.807) is 12.3 Å². The van der Waals surface area contributed by atoms with E-state index in [4.69, 9.17) is 0 Å². The van der Waals surface area contributed by atoms with E-state index in [0.717, 1.165) is 16.0 Å². The fourth-order valence-electron chi connectivity index (χ4n) is 5.32. The molecule has 0 aliphatic carbocycles. The number of imide groups is 1. The molecular weight excluding hydrogens is 440 g/mol. The Morgan fingerprint density at radius 1 is 0.824 bits per heavy atom. The predicted octanol–water partition coefficient (Wildman–Crippen LogP) is 3.73. The molecule has 0 N–H and O–H groups in total. The number of Topliss-reactive ketones (excluding diaryl/α,β-unsaturated/α-hetero) is 1. The first-order valence-corrected chi connectivity index (χ1v) is 10.8. The number of carbonyl (C=O) groups excluding carboxylic acids is 3. The van der Waals surface area contributed by atoms with Gasteiger partial charge in [0, 0.05) is 5.56 Å². The smallest absolute Gasteiger partial charge is 0.240 e. The maximum absolute atomic E-state index is 14.6. The quantitative estimate of drug-likeness (QED) is 0.444. The number of ketones is 1. The van der Waals surface area contributed by atoms with E-state index in [0.29, 0.717) is 0 Å². The molecule has 8 heteroatoms. The molecule has 0 aromatic heterocycles. The molecule has 2 fully saturated rings. The second-order valence-corrected chi connectivity index (χ2v) is 8.53. The average molecular weight is 457 g/mol. The maximum Gasteiger partial charge on any atom is 0.240 e. The fraction of sp³-hybridized carbons (Fsp3) is 0.154. The zero-order valence-electron chi connectivity index (χ0n) is 17.6. The van der Waals surface area contributed by atoms with Crippen LogP contribution in [0.2, 0.25) is 0 Å². The topological polar surface area (TPSA) is 70.0 Å². The molecule has 3 aliphatic heterocycles. The molecule has 3 heterocycles. The summed E-state index contributed by atoms with van der Waals surface area (Å²) in [6.45, 7) is 0. The first-order chi connectivity index (χ1) is 16.5. The van der Waals surface area contributed by atoms with Gasteiger partial charge in [-0.3, -0.25) is 19.4 Å². The number of para-hydroxylation sites is 1. The van der Waals surface area contributed by atoms with Gasteiger partial charge >= 0.3 is 0 Å². The molecule has 0 bridgehead atoms. The second-order valence-electron chi connectivity index (χ2n) is 8.53. The van der Waals surface area contributed by atoms with Crippen LogP contribution in [0.25, 0.3) is 0 Å². The number of carbonyl (C=O) groups is 3. The lowest BCUT2D eigenvalue weighted by atomic mass is 9.83. The third kappa shape index (κ3) is 2.78. The monoisotopic (exact) mass is 457 g/mol. The molecular formula is C26H17F2N3O3. The highest BCUT2D eigenvalue weighted by Crippen LogP contribution is 2.53. The molecule has 3 aromatic rings. The zero-order valence-corrected chi connectivity index (χ0v) is 17.6. The largest absolute Gasteiger partial charge is 0.292 e. The molecule has 2 saturated heterocycles. The molecule has 34 heavy (non-hydrogen) atoms. The third-order valence-electron chi connectivity index (χ3n) is 6.78. The molecule has 0 radical (unpaired) electrons. The Kier molecular flexibility index (Phi) is 4.45. The first-order valence-electron chi connectivity index (χ1n) is 10.8. The highest BCUT2D eigenvalue weighted by Gasteiger charge is 2.65. The summed E-state index contributed by atoms with van der Waals surface area (Å²) in [4.78, 5) is 41.8. The summed E-state index contributed by atoms with van der Waals surface area (Å²) >= 11 is 0. The van der Waals surface area contributed by atoms with Crippen LogP contribution in [0, 0.1) is 23.5 Å². The van der Waals surface area contributed by atoms with Crippen LogP contribution in [0.5, 0.6) is 0 Å². The molecule has 3 aromatic carbocycles. The number of hydrazone groups is 1. The van der Waals surface area contributed by atoms with Crippen molar-refractivity contribution in [2.45, 2.75) is 12.1 Å². The number of nitrogens with zero attached hydrogens (tertiary/aromatic N) is 3. The van der Waals surface area contributed by atoms with Crippen molar-refractivity contribution < 1.29 is 23.2 Å². The van der Waals surface area contributed by atoms with Crippen LogP contribution in [0.4, 0.5) is 14.5 Å². The van der Waals surface area contributed by atoms with Crippen molar-refractivity contribution >= 4 is 29.5 Å². The molecule has 0 spiro atoms. The van der Waals surface area contributed by atoms with Crippen LogP contribution in [-0.4, -0.2) is 34.9 Å². The van der Waals surface area contributed by atoms with Crippen LogP contribution in [0.15, 0.2) is 77.9 Å². The van der Waals surface area contributed by atoms with Crippen LogP contribution < -0.4 is 4.90 Å². The van der Waals surface area contributed by atoms with Crippen LogP contribution in [-0.2, 0) is 9.59 Å². The Labute approximate surface area is 193 Å². The molecule has 168 valence electrons. The van der Waals surface area contributed by atoms with Gasteiger partial charge in [-0.2, -0.15) is 5.10 Å². The average Bonchev–Trinajstić information content (AvgIpc) is 3.32. The summed E-state index contributed by atoms with van der Waals surface area (Å²) < 4.78 is 28.1. The lowest BCUT2D eigenvalue weighted by Crippen LogP contribution is -2.44. The van der Waals surface area contributed by atoms with E-state index in [2.05, 4.69) is 5.10 Å². The van der Waals surface area contributed by atoms with Crippen LogP contribution in [0.1, 0.15) is 27.5 Å². The number of rotatable bonds is 3. The van der Waals surface area contributed by atoms with Crippen molar-refractivity contribution in [1.82, 2.24) is 5.01 Å². The summed E-state index contributed by atoms with van der Waals surface area (Å²) in [5.74, 6) is -4.88. The van der Waals surface area contributed by atoms with Gasteiger partial charge < -0.3 is 0 Å². The van der Waals surface area contributed by atoms with Crippen molar-refractivity contribution in [1.29, 1.82) is 0 Å². The number of amides is 2. The highest BCUT2D eigenvalue weighted by molar-refractivity contribution is 6.24. The Morgan fingerprint density at radius 2 is 1.50 bits per heavy atom. The minimum Gasteiger partial charge on any atom is -0.292 e. The van der Waals surface area contributed by atoms with E-state index in [1.807, 2.05) is 24.3 Å². The standard InChI is InChI=1S/C26H17F2N3O3/c27-16-11-9-14(10-12-16)24(32)23-21-20(22-17-6-2-1-5-15(17)13-29-31(22)23)25(33)30(26(21)34)19-8-4-3-7-18(19)28/h1-13,20-23H/t20-,21+,22-,23-/m1/s1. The van der Waals surface area contributed by atoms with Gasteiger partial charge in [0.15, 0.2) is 5.78 Å². The van der Waals surface area contributed by atoms with E-state index in [-0.39, 0.29) is 11.3 Å². The van der Waals surface area contributed by atoms with Gasteiger partial charge in [-0.05, 0) is 47.5 Å². The van der Waals surface area contributed by atoms with Crippen molar-refractivity contribution in [3.63, 3.8) is 0 Å². The number of anilines is 1. The van der Waals surface area contributed by atoms with Gasteiger partial charge in [-0.1, -0.05) is 36.4 Å². The van der Waals surface area contributed by atoms with Crippen molar-refractivity contribution in [2.24, 2.45) is 16.9 Å². The molecule has 6 nitrogen and oxygen atoms in total. The van der Waals surface area contributed by atoms with E-state index < -0.39 is 53.2 Å². The third-order valence-corrected chi connectivity index (χ3v) is 6.78. The minimum atomic E-state index is -1.10. The lowest BCUT2D eigenvalue weighted by molar-refractivity contribution is -0.124. The Morgan fingerprint density at radius 3 is 2.26 bits per heavy atom. The predicted molar refractivity (Wildman–Crippen MR) is 119 cm³/mol. The summed E-state index contributed by atoms with van der Waals surface area (Å²) in [6.07, 6.45) is 1.60. The zero-order chi connectivity index (χ0) is 23.6. The fourth-order valence-corrected chi connectivity index (χ4v) is 5.32. The number of fused-ring (bicyclic) bond motifs is 5. The lowest BCUT2D eigenvalue weighted by Gasteiger charge is -2.33. The normalized spacial score (nSPS) is 24.8. The van der Waals surface area contributed by atoms with E-state index >= 15 is 0 Å². The van der Waals surface area contributed by atoms with Crippen molar-refractivity contribution in [3.8, 4) is 0 Å². The van der Waals surface area contributed by atoms with Gasteiger partial charge in [-0.15, -0.1) is 0 Å². The summed E-state index contributed by atoms with van der Waals surface area (Å²) in [6, 6.07) is 16.1. The molecule has 2 amide bonds. The highest BCUT2D eigenvalue weighted by atomic mass is 19.1. The van der Waals surface area contributed by atoms with Crippen molar-refractivity contribution in [2.75, 3.05) is 4.90 Å². The van der Waals surface area contributed by atoms with Crippen molar-refractivity contribution in [3.05, 3.63) is 101 Å². The van der Waals surface area contributed by atoms with E-state index in [9.17, 15) is 23.2 Å². The second kappa shape index (κ2) is 7.41. The number of hydrogen-bond donors (Lipinski definition) is 0. The number of halogens is 2. The number of benzene rings is 3. The van der Waals surface area contributed by atoms with Crippen LogP contribution >= 0.6 is 0 Å². The number of hydrogen-bond acceptors (Lipinski definition) is 5. The summed E-state index contributed by atoms with van der Waals surface area (Å²) in [7, 11) is 0.